The molecule has 0 spiro atoms. The molecule has 0 N–H and O–H groups in total. The summed E-state index contributed by atoms with van der Waals surface area (Å²) in [5.74, 6) is -0.255. The Morgan fingerprint density at radius 1 is 1.25 bits per heavy atom. The second-order valence-electron chi connectivity index (χ2n) is 5.44. The quantitative estimate of drug-likeness (QED) is 0.761. The lowest BCUT2D eigenvalue weighted by Crippen LogP contribution is -2.48. The maximum absolute atomic E-state index is 12.3. The van der Waals surface area contributed by atoms with Crippen LogP contribution in [0, 0.1) is 0 Å². The van der Waals surface area contributed by atoms with Crippen LogP contribution in [0.15, 0.2) is 22.2 Å². The van der Waals surface area contributed by atoms with Crippen molar-refractivity contribution >= 4 is 34.6 Å². The molecule has 0 bridgehead atoms. The van der Waals surface area contributed by atoms with Crippen molar-refractivity contribution in [2.24, 2.45) is 0 Å². The Balaban J connectivity index is 1.50. The van der Waals surface area contributed by atoms with Crippen molar-refractivity contribution in [2.45, 2.75) is 13.5 Å². The van der Waals surface area contributed by atoms with Crippen LogP contribution in [0.3, 0.4) is 0 Å². The number of carbonyl (C=O) groups excluding carboxylic acids is 2. The molecular formula is C16H19N3O3S2. The van der Waals surface area contributed by atoms with Crippen LogP contribution < -0.4 is 0 Å². The van der Waals surface area contributed by atoms with Crippen molar-refractivity contribution in [3.63, 3.8) is 0 Å². The van der Waals surface area contributed by atoms with E-state index < -0.39 is 0 Å². The SMILES string of the molecule is CCOC(=O)c1nc(CN2CCN(C(=O)c3ccsc3)CC2)cs1. The number of esters is 1. The van der Waals surface area contributed by atoms with Crippen molar-refractivity contribution < 1.29 is 14.3 Å². The number of thiazole rings is 1. The number of ether oxygens (including phenoxy) is 1. The molecule has 128 valence electrons. The maximum Gasteiger partial charge on any atom is 0.367 e. The Morgan fingerprint density at radius 2 is 2.04 bits per heavy atom. The largest absolute Gasteiger partial charge is 0.461 e. The minimum Gasteiger partial charge on any atom is -0.461 e. The summed E-state index contributed by atoms with van der Waals surface area (Å²) in [5.41, 5.74) is 1.65. The third-order valence-electron chi connectivity index (χ3n) is 3.82. The number of thiophene rings is 1. The van der Waals surface area contributed by atoms with Gasteiger partial charge in [0.2, 0.25) is 5.01 Å². The molecule has 1 aliphatic heterocycles. The first kappa shape index (κ1) is 17.1. The highest BCUT2D eigenvalue weighted by Gasteiger charge is 2.23. The van der Waals surface area contributed by atoms with Crippen LogP contribution in [-0.4, -0.2) is 59.4 Å². The molecule has 2 aromatic heterocycles. The van der Waals surface area contributed by atoms with Crippen LogP contribution in [0.25, 0.3) is 0 Å². The van der Waals surface area contributed by atoms with E-state index in [1.165, 1.54) is 22.7 Å². The minimum absolute atomic E-state index is 0.106. The zero-order valence-corrected chi connectivity index (χ0v) is 15.1. The summed E-state index contributed by atoms with van der Waals surface area (Å²) in [7, 11) is 0. The Morgan fingerprint density at radius 3 is 2.71 bits per heavy atom. The summed E-state index contributed by atoms with van der Waals surface area (Å²) in [6.45, 7) is 5.87. The van der Waals surface area contributed by atoms with Gasteiger partial charge in [0, 0.05) is 43.5 Å². The molecule has 24 heavy (non-hydrogen) atoms. The van der Waals surface area contributed by atoms with Crippen LogP contribution in [0.5, 0.6) is 0 Å². The summed E-state index contributed by atoms with van der Waals surface area (Å²) in [6, 6.07) is 1.87. The fourth-order valence-corrected chi connectivity index (χ4v) is 3.90. The number of piperazine rings is 1. The maximum atomic E-state index is 12.3. The zero-order valence-electron chi connectivity index (χ0n) is 13.4. The molecule has 6 nitrogen and oxygen atoms in total. The highest BCUT2D eigenvalue weighted by atomic mass is 32.1. The van der Waals surface area contributed by atoms with Crippen LogP contribution in [0.4, 0.5) is 0 Å². The molecule has 0 aliphatic carbocycles. The average molecular weight is 365 g/mol. The number of nitrogens with zero attached hydrogens (tertiary/aromatic N) is 3. The first-order chi connectivity index (χ1) is 11.7. The Labute approximate surface area is 148 Å². The van der Waals surface area contributed by atoms with Gasteiger partial charge in [0.05, 0.1) is 17.9 Å². The molecular weight excluding hydrogens is 346 g/mol. The van der Waals surface area contributed by atoms with Gasteiger partial charge in [-0.05, 0) is 18.4 Å². The summed E-state index contributed by atoms with van der Waals surface area (Å²) in [6.07, 6.45) is 0. The summed E-state index contributed by atoms with van der Waals surface area (Å²) < 4.78 is 4.96. The first-order valence-corrected chi connectivity index (χ1v) is 9.65. The van der Waals surface area contributed by atoms with E-state index in [0.717, 1.165) is 24.3 Å². The average Bonchev–Trinajstić information content (AvgIpc) is 3.27. The van der Waals surface area contributed by atoms with E-state index in [2.05, 4.69) is 9.88 Å². The molecule has 3 heterocycles. The molecule has 1 amide bonds. The van der Waals surface area contributed by atoms with Crippen molar-refractivity contribution in [1.29, 1.82) is 0 Å². The summed E-state index contributed by atoms with van der Waals surface area (Å²) in [5, 5.41) is 6.11. The second kappa shape index (κ2) is 7.87. The number of aromatic nitrogens is 1. The van der Waals surface area contributed by atoms with Gasteiger partial charge in [0.15, 0.2) is 0 Å². The van der Waals surface area contributed by atoms with E-state index in [-0.39, 0.29) is 11.9 Å². The van der Waals surface area contributed by atoms with E-state index in [4.69, 9.17) is 4.74 Å². The molecule has 0 saturated carbocycles. The van der Waals surface area contributed by atoms with Crippen molar-refractivity contribution in [1.82, 2.24) is 14.8 Å². The number of rotatable bonds is 5. The van der Waals surface area contributed by atoms with Crippen LogP contribution in [0.2, 0.25) is 0 Å². The second-order valence-corrected chi connectivity index (χ2v) is 7.08. The fourth-order valence-electron chi connectivity index (χ4n) is 2.57. The van der Waals surface area contributed by atoms with E-state index in [1.807, 2.05) is 27.1 Å². The lowest BCUT2D eigenvalue weighted by atomic mass is 10.2. The predicted octanol–water partition coefficient (Wildman–Crippen LogP) is 2.34. The Hall–Kier alpha value is -1.77. The molecule has 0 unspecified atom stereocenters. The molecule has 1 fully saturated rings. The Bertz CT molecular complexity index is 691. The monoisotopic (exact) mass is 365 g/mol. The molecule has 1 saturated heterocycles. The molecule has 0 radical (unpaired) electrons. The van der Waals surface area contributed by atoms with Gasteiger partial charge in [-0.25, -0.2) is 9.78 Å². The minimum atomic E-state index is -0.361. The number of hydrogen-bond donors (Lipinski definition) is 0. The first-order valence-electron chi connectivity index (χ1n) is 7.82. The van der Waals surface area contributed by atoms with Crippen molar-refractivity contribution in [2.75, 3.05) is 32.8 Å². The Kier molecular flexibility index (Phi) is 5.60. The fraction of sp³-hybridized carbons (Fsp3) is 0.438. The summed E-state index contributed by atoms with van der Waals surface area (Å²) in [4.78, 5) is 32.5. The number of hydrogen-bond acceptors (Lipinski definition) is 7. The van der Waals surface area contributed by atoms with Crippen molar-refractivity contribution in [3.8, 4) is 0 Å². The number of amides is 1. The topological polar surface area (TPSA) is 62.7 Å². The molecule has 3 rings (SSSR count). The third-order valence-corrected chi connectivity index (χ3v) is 5.37. The van der Waals surface area contributed by atoms with E-state index in [1.54, 1.807) is 6.92 Å². The van der Waals surface area contributed by atoms with Gasteiger partial charge in [0.25, 0.3) is 5.91 Å². The van der Waals surface area contributed by atoms with Crippen LogP contribution >= 0.6 is 22.7 Å². The van der Waals surface area contributed by atoms with E-state index in [9.17, 15) is 9.59 Å². The highest BCUT2D eigenvalue weighted by Crippen LogP contribution is 2.16. The van der Waals surface area contributed by atoms with Gasteiger partial charge in [-0.2, -0.15) is 11.3 Å². The van der Waals surface area contributed by atoms with Gasteiger partial charge in [0.1, 0.15) is 0 Å². The highest BCUT2D eigenvalue weighted by molar-refractivity contribution is 7.11. The molecule has 2 aromatic rings. The van der Waals surface area contributed by atoms with Crippen LogP contribution in [0.1, 0.15) is 32.8 Å². The standard InChI is InChI=1S/C16H19N3O3S2/c1-2-22-16(21)14-17-13(11-24-14)9-18-4-6-19(7-5-18)15(20)12-3-8-23-10-12/h3,8,10-11H,2,4-7,9H2,1H3. The molecule has 8 heteroatoms. The molecule has 0 atom stereocenters. The normalized spacial score (nSPS) is 15.5. The van der Waals surface area contributed by atoms with Crippen LogP contribution in [-0.2, 0) is 11.3 Å². The van der Waals surface area contributed by atoms with Gasteiger partial charge in [-0.1, -0.05) is 0 Å². The predicted molar refractivity (Wildman–Crippen MR) is 93.6 cm³/mol. The van der Waals surface area contributed by atoms with Gasteiger partial charge in [-0.3, -0.25) is 9.69 Å². The van der Waals surface area contributed by atoms with Gasteiger partial charge in [-0.15, -0.1) is 11.3 Å². The lowest BCUT2D eigenvalue weighted by molar-refractivity contribution is 0.0523. The third kappa shape index (κ3) is 4.00. The summed E-state index contributed by atoms with van der Waals surface area (Å²) >= 11 is 2.85. The van der Waals surface area contributed by atoms with Gasteiger partial charge >= 0.3 is 5.97 Å². The molecule has 0 aromatic carbocycles. The van der Waals surface area contributed by atoms with Crippen molar-refractivity contribution in [3.05, 3.63) is 38.5 Å². The van der Waals surface area contributed by atoms with E-state index in [0.29, 0.717) is 31.2 Å². The molecule has 1 aliphatic rings. The number of carbonyl (C=O) groups is 2. The lowest BCUT2D eigenvalue weighted by Gasteiger charge is -2.34. The van der Waals surface area contributed by atoms with Gasteiger partial charge < -0.3 is 9.64 Å². The van der Waals surface area contributed by atoms with E-state index >= 15 is 0 Å². The smallest absolute Gasteiger partial charge is 0.367 e. The zero-order chi connectivity index (χ0) is 16.9.